The number of anilines is 1. The molecule has 0 bridgehead atoms. The Labute approximate surface area is 246 Å². The topological polar surface area (TPSA) is 280 Å². The molecule has 4 aromatic heterocycles. The lowest BCUT2D eigenvalue weighted by Crippen LogP contribution is -2.45. The highest BCUT2D eigenvalue weighted by atomic mass is 31.3. The molecule has 2 saturated heterocycles. The first-order valence-corrected chi connectivity index (χ1v) is 15.9. The van der Waals surface area contributed by atoms with Gasteiger partial charge in [-0.25, -0.2) is 24.1 Å². The van der Waals surface area contributed by atoms with E-state index in [1.807, 2.05) is 0 Å². The smallest absolute Gasteiger partial charge is 0.394 e. The molecule has 8 N–H and O–H groups in total. The van der Waals surface area contributed by atoms with Crippen LogP contribution in [0.2, 0.25) is 0 Å². The Balaban J connectivity index is 1.04. The van der Waals surface area contributed by atoms with Gasteiger partial charge in [0.2, 0.25) is 0 Å². The van der Waals surface area contributed by atoms with E-state index in [4.69, 9.17) is 24.3 Å². The Kier molecular flexibility index (Phi) is 8.31. The molecule has 2 aliphatic heterocycles. The van der Waals surface area contributed by atoms with E-state index >= 15 is 0 Å². The standard InChI is InChI=1S/C22H27N7O13P2/c23-11-2-1-4-27(6-11)21-17(32)15(30)12(40-21)7-38-43(34,35)42-44(36,37)39-8-13-16(31)18(33)22(41-13)29-10-25-14-19-24-3-5-28(19)9-26-20(14)29/h1-6,9-10,12-13,15-18,21-22,30-33H,7-8,23H2,(H-,34,35,36,37)/p+1/t12-,13-,15-,16-,17-,18-,21-,22-/m1/s1. The highest BCUT2D eigenvalue weighted by Gasteiger charge is 2.50. The molecule has 0 amide bonds. The number of aromatic nitrogens is 6. The summed E-state index contributed by atoms with van der Waals surface area (Å²) in [5.41, 5.74) is 7.21. The fourth-order valence-corrected chi connectivity index (χ4v) is 7.02. The van der Waals surface area contributed by atoms with Crippen molar-refractivity contribution in [1.29, 1.82) is 0 Å². The van der Waals surface area contributed by atoms with Gasteiger partial charge >= 0.3 is 15.6 Å². The molecule has 2 aliphatic rings. The van der Waals surface area contributed by atoms with Crippen LogP contribution in [0.1, 0.15) is 12.5 Å². The van der Waals surface area contributed by atoms with Crippen LogP contribution in [0.15, 0.2) is 49.6 Å². The second kappa shape index (κ2) is 11.8. The van der Waals surface area contributed by atoms with E-state index in [1.54, 1.807) is 28.9 Å². The number of hydrogen-bond acceptors (Lipinski definition) is 15. The van der Waals surface area contributed by atoms with Gasteiger partial charge in [-0.2, -0.15) is 8.88 Å². The quantitative estimate of drug-likeness (QED) is 0.0725. The van der Waals surface area contributed by atoms with Crippen molar-refractivity contribution in [2.45, 2.75) is 49.1 Å². The van der Waals surface area contributed by atoms with Crippen LogP contribution in [-0.2, 0) is 32.0 Å². The van der Waals surface area contributed by atoms with Crippen molar-refractivity contribution < 1.29 is 66.7 Å². The Morgan fingerprint density at radius 3 is 2.30 bits per heavy atom. The van der Waals surface area contributed by atoms with Gasteiger partial charge in [-0.3, -0.25) is 18.0 Å². The van der Waals surface area contributed by atoms with Crippen molar-refractivity contribution in [1.82, 2.24) is 23.9 Å². The zero-order chi connectivity index (χ0) is 31.4. The SMILES string of the molecule is Nc1ccc[n+]([C@@H]2O[C@H](COP(=O)(O)OP(=O)(O)OC[C@H]3O[C@@H](n4cnc5c4ncn4ccnc54)[C@H](O)[C@@H]3O)[C@@H](O)[C@H]2O)c1. The second-order valence-electron chi connectivity index (χ2n) is 10.0. The third-order valence-corrected chi connectivity index (χ3v) is 9.65. The number of fused-ring (bicyclic) bond motifs is 3. The summed E-state index contributed by atoms with van der Waals surface area (Å²) in [4.78, 5) is 32.8. The van der Waals surface area contributed by atoms with E-state index in [0.29, 0.717) is 16.9 Å². The number of nitrogens with two attached hydrogens (primary N) is 1. The molecule has 6 rings (SSSR count). The number of nitrogens with zero attached hydrogens (tertiary/aromatic N) is 6. The lowest BCUT2D eigenvalue weighted by Gasteiger charge is -2.20. The molecule has 20 nitrogen and oxygen atoms in total. The molecule has 0 aliphatic carbocycles. The number of nitrogen functional groups attached to an aromatic ring is 1. The van der Waals surface area contributed by atoms with Crippen LogP contribution in [0, 0.1) is 0 Å². The number of phosphoric acid groups is 2. The van der Waals surface area contributed by atoms with Gasteiger partial charge in [-0.05, 0) is 6.07 Å². The van der Waals surface area contributed by atoms with Gasteiger partial charge in [0, 0.05) is 18.5 Å². The molecule has 0 saturated carbocycles. The molecule has 0 radical (unpaired) electrons. The number of hydrogen-bond donors (Lipinski definition) is 7. The first kappa shape index (κ1) is 31.1. The van der Waals surface area contributed by atoms with Crippen molar-refractivity contribution >= 4 is 38.1 Å². The predicted molar refractivity (Wildman–Crippen MR) is 142 cm³/mol. The van der Waals surface area contributed by atoms with Crippen LogP contribution >= 0.6 is 15.6 Å². The van der Waals surface area contributed by atoms with Crippen molar-refractivity contribution in [2.24, 2.45) is 0 Å². The van der Waals surface area contributed by atoms with E-state index in [-0.39, 0.29) is 5.65 Å². The fraction of sp³-hybridized carbons (Fsp3) is 0.455. The molecule has 4 aromatic rings. The molecular weight excluding hydrogens is 632 g/mol. The van der Waals surface area contributed by atoms with Gasteiger partial charge < -0.3 is 45.4 Å². The van der Waals surface area contributed by atoms with Crippen LogP contribution < -0.4 is 10.3 Å². The van der Waals surface area contributed by atoms with Crippen LogP contribution in [0.25, 0.3) is 16.8 Å². The Morgan fingerprint density at radius 2 is 1.59 bits per heavy atom. The Bertz CT molecular complexity index is 1760. The Hall–Kier alpha value is -2.94. The van der Waals surface area contributed by atoms with Crippen molar-refractivity contribution in [2.75, 3.05) is 18.9 Å². The third kappa shape index (κ3) is 6.01. The maximum atomic E-state index is 12.5. The number of pyridine rings is 1. The first-order chi connectivity index (χ1) is 20.8. The van der Waals surface area contributed by atoms with Crippen molar-refractivity contribution in [3.8, 4) is 0 Å². The van der Waals surface area contributed by atoms with Crippen LogP contribution in [-0.4, -0.2) is 104 Å². The fourth-order valence-electron chi connectivity index (χ4n) is 4.93. The summed E-state index contributed by atoms with van der Waals surface area (Å²) < 4.78 is 54.2. The molecule has 2 fully saturated rings. The molecule has 6 heterocycles. The normalized spacial score (nSPS) is 31.9. The van der Waals surface area contributed by atoms with E-state index in [1.165, 1.54) is 34.2 Å². The molecular formula is C22H28N7O13P2+. The largest absolute Gasteiger partial charge is 0.481 e. The van der Waals surface area contributed by atoms with E-state index in [2.05, 4.69) is 19.3 Å². The average molecular weight is 660 g/mol. The van der Waals surface area contributed by atoms with Gasteiger partial charge in [0.1, 0.15) is 36.8 Å². The lowest BCUT2D eigenvalue weighted by molar-refractivity contribution is -0.765. The molecule has 2 unspecified atom stereocenters. The Morgan fingerprint density at radius 1 is 0.909 bits per heavy atom. The van der Waals surface area contributed by atoms with Crippen molar-refractivity contribution in [3.05, 3.63) is 49.6 Å². The summed E-state index contributed by atoms with van der Waals surface area (Å²) in [6, 6.07) is 3.16. The second-order valence-corrected chi connectivity index (χ2v) is 13.1. The van der Waals surface area contributed by atoms with Crippen molar-refractivity contribution in [3.63, 3.8) is 0 Å². The number of rotatable bonds is 10. The van der Waals surface area contributed by atoms with E-state index in [0.717, 1.165) is 0 Å². The molecule has 44 heavy (non-hydrogen) atoms. The minimum Gasteiger partial charge on any atom is -0.394 e. The summed E-state index contributed by atoms with van der Waals surface area (Å²) in [5, 5.41) is 41.8. The summed E-state index contributed by atoms with van der Waals surface area (Å²) in [7, 11) is -10.6. The molecule has 0 spiro atoms. The lowest BCUT2D eigenvalue weighted by atomic mass is 10.1. The minimum absolute atomic E-state index is 0.276. The number of aliphatic hydroxyl groups is 4. The van der Waals surface area contributed by atoms with E-state index < -0.39 is 77.9 Å². The molecule has 22 heteroatoms. The maximum absolute atomic E-state index is 12.5. The monoisotopic (exact) mass is 660 g/mol. The third-order valence-electron chi connectivity index (χ3n) is 7.05. The highest BCUT2D eigenvalue weighted by molar-refractivity contribution is 7.61. The minimum atomic E-state index is -5.33. The number of ether oxygens (including phenoxy) is 2. The average Bonchev–Trinajstić information content (AvgIpc) is 3.73. The van der Waals surface area contributed by atoms with E-state index in [9.17, 15) is 39.3 Å². The molecule has 238 valence electrons. The highest BCUT2D eigenvalue weighted by Crippen LogP contribution is 2.60. The van der Waals surface area contributed by atoms with Gasteiger partial charge in [0.05, 0.1) is 25.2 Å². The van der Waals surface area contributed by atoms with Gasteiger partial charge in [-0.1, -0.05) is 0 Å². The van der Waals surface area contributed by atoms with Crippen LogP contribution in [0.3, 0.4) is 0 Å². The van der Waals surface area contributed by atoms with Crippen LogP contribution in [0.4, 0.5) is 5.69 Å². The van der Waals surface area contributed by atoms with Gasteiger partial charge in [0.15, 0.2) is 41.5 Å². The number of aliphatic hydroxyl groups excluding tert-OH is 4. The van der Waals surface area contributed by atoms with Gasteiger partial charge in [0.25, 0.3) is 6.23 Å². The summed E-state index contributed by atoms with van der Waals surface area (Å²) in [6.45, 7) is -1.69. The summed E-state index contributed by atoms with van der Waals surface area (Å²) >= 11 is 0. The zero-order valence-corrected chi connectivity index (χ0v) is 24.1. The number of phosphoric ester groups is 2. The summed E-state index contributed by atoms with van der Waals surface area (Å²) in [5.74, 6) is 0. The van der Waals surface area contributed by atoms with Crippen LogP contribution in [0.5, 0.6) is 0 Å². The van der Waals surface area contributed by atoms with Gasteiger partial charge in [-0.15, -0.1) is 0 Å². The first-order valence-electron chi connectivity index (χ1n) is 12.9. The molecule has 10 atom stereocenters. The number of imidazole rings is 2. The zero-order valence-electron chi connectivity index (χ0n) is 22.3. The summed E-state index contributed by atoms with van der Waals surface area (Å²) in [6.07, 6.45) is -2.36. The molecule has 0 aromatic carbocycles. The predicted octanol–water partition coefficient (Wildman–Crippen LogP) is -1.86. The maximum Gasteiger partial charge on any atom is 0.481 e.